The number of benzene rings is 2. The molecule has 2 aromatic rings. The summed E-state index contributed by atoms with van der Waals surface area (Å²) < 4.78 is 39.7. The Morgan fingerprint density at radius 2 is 1.75 bits per heavy atom. The van der Waals surface area contributed by atoms with Gasteiger partial charge in [0.05, 0.1) is 17.9 Å². The van der Waals surface area contributed by atoms with Crippen LogP contribution in [-0.2, 0) is 16.5 Å². The zero-order valence-corrected chi connectivity index (χ0v) is 14.9. The lowest BCUT2D eigenvalue weighted by atomic mass is 9.89. The van der Waals surface area contributed by atoms with Crippen LogP contribution < -0.4 is 10.6 Å². The molecule has 1 fully saturated rings. The van der Waals surface area contributed by atoms with Gasteiger partial charge >= 0.3 is 12.2 Å². The maximum atomic E-state index is 13.3. The standard InChI is InChI=1S/C19H18F3N3O3/c1-2-24-17(28)25(13-8-9-15(23)14(10-13)19(20,21)22)16(27)18(24,11-26)12-6-4-3-5-7-12/h3-10,26H,2,11,23H2,1H3. The maximum Gasteiger partial charge on any atom is 0.418 e. The Morgan fingerprint density at radius 1 is 1.11 bits per heavy atom. The summed E-state index contributed by atoms with van der Waals surface area (Å²) in [5.74, 6) is -0.828. The molecule has 3 amide bonds. The number of urea groups is 1. The highest BCUT2D eigenvalue weighted by atomic mass is 19.4. The summed E-state index contributed by atoms with van der Waals surface area (Å²) in [7, 11) is 0. The number of nitrogens with zero attached hydrogens (tertiary/aromatic N) is 2. The molecule has 148 valence electrons. The summed E-state index contributed by atoms with van der Waals surface area (Å²) in [5.41, 5.74) is 2.14. The van der Waals surface area contributed by atoms with E-state index in [2.05, 4.69) is 0 Å². The molecule has 1 heterocycles. The Labute approximate surface area is 159 Å². The minimum absolute atomic E-state index is 0.0671. The summed E-state index contributed by atoms with van der Waals surface area (Å²) in [6.45, 7) is 0.969. The van der Waals surface area contributed by atoms with Crippen LogP contribution in [0.15, 0.2) is 48.5 Å². The number of hydrogen-bond donors (Lipinski definition) is 2. The van der Waals surface area contributed by atoms with Crippen LogP contribution in [0.2, 0.25) is 0 Å². The first-order valence-corrected chi connectivity index (χ1v) is 8.47. The third-order valence-corrected chi connectivity index (χ3v) is 4.84. The van der Waals surface area contributed by atoms with Crippen LogP contribution in [0.3, 0.4) is 0 Å². The fraction of sp³-hybridized carbons (Fsp3) is 0.263. The van der Waals surface area contributed by atoms with E-state index in [1.165, 1.54) is 6.07 Å². The van der Waals surface area contributed by atoms with Crippen LogP contribution in [0.4, 0.5) is 29.3 Å². The van der Waals surface area contributed by atoms with Crippen molar-refractivity contribution in [3.05, 3.63) is 59.7 Å². The van der Waals surface area contributed by atoms with Crippen molar-refractivity contribution in [2.45, 2.75) is 18.6 Å². The molecule has 1 aliphatic heterocycles. The monoisotopic (exact) mass is 393 g/mol. The molecular weight excluding hydrogens is 375 g/mol. The average Bonchev–Trinajstić information content (AvgIpc) is 2.88. The predicted octanol–water partition coefficient (Wildman–Crippen LogP) is 2.96. The van der Waals surface area contributed by atoms with Gasteiger partial charge in [-0.1, -0.05) is 30.3 Å². The van der Waals surface area contributed by atoms with Crippen molar-refractivity contribution < 1.29 is 27.9 Å². The minimum atomic E-state index is -4.75. The van der Waals surface area contributed by atoms with Crippen molar-refractivity contribution in [2.24, 2.45) is 0 Å². The second-order valence-electron chi connectivity index (χ2n) is 6.32. The molecule has 1 unspecified atom stereocenters. The number of nitrogens with two attached hydrogens (primary N) is 1. The van der Waals surface area contributed by atoms with Gasteiger partial charge in [-0.25, -0.2) is 9.69 Å². The number of aliphatic hydroxyl groups excluding tert-OH is 1. The summed E-state index contributed by atoms with van der Waals surface area (Å²) in [4.78, 5) is 28.0. The second kappa shape index (κ2) is 6.83. The molecule has 1 saturated heterocycles. The number of imide groups is 1. The Balaban J connectivity index is 2.17. The van der Waals surface area contributed by atoms with E-state index in [-0.39, 0.29) is 12.2 Å². The fourth-order valence-corrected chi connectivity index (χ4v) is 3.47. The number of aliphatic hydroxyl groups is 1. The van der Waals surface area contributed by atoms with Gasteiger partial charge in [-0.2, -0.15) is 13.2 Å². The van der Waals surface area contributed by atoms with Crippen LogP contribution in [0.25, 0.3) is 0 Å². The van der Waals surface area contributed by atoms with Crippen molar-refractivity contribution in [1.29, 1.82) is 0 Å². The average molecular weight is 393 g/mol. The van der Waals surface area contributed by atoms with Crippen LogP contribution >= 0.6 is 0 Å². The predicted molar refractivity (Wildman–Crippen MR) is 96.3 cm³/mol. The van der Waals surface area contributed by atoms with Crippen molar-refractivity contribution in [3.8, 4) is 0 Å². The number of anilines is 2. The lowest BCUT2D eigenvalue weighted by molar-refractivity contribution is -0.137. The van der Waals surface area contributed by atoms with Gasteiger partial charge in [0.15, 0.2) is 5.54 Å². The molecule has 0 aliphatic carbocycles. The van der Waals surface area contributed by atoms with Gasteiger partial charge in [-0.3, -0.25) is 4.79 Å². The highest BCUT2D eigenvalue weighted by Gasteiger charge is 2.58. The van der Waals surface area contributed by atoms with E-state index >= 15 is 0 Å². The Kier molecular flexibility index (Phi) is 4.80. The summed E-state index contributed by atoms with van der Waals surface area (Å²) in [6.07, 6.45) is -4.75. The van der Waals surface area contributed by atoms with Gasteiger partial charge in [0.25, 0.3) is 5.91 Å². The molecule has 2 aromatic carbocycles. The molecule has 0 saturated carbocycles. The number of carbonyl (C=O) groups is 2. The minimum Gasteiger partial charge on any atom is -0.398 e. The third-order valence-electron chi connectivity index (χ3n) is 4.84. The zero-order chi connectivity index (χ0) is 20.7. The van der Waals surface area contributed by atoms with Gasteiger partial charge in [-0.05, 0) is 30.7 Å². The van der Waals surface area contributed by atoms with E-state index in [9.17, 15) is 27.9 Å². The van der Waals surface area contributed by atoms with Crippen LogP contribution in [0.1, 0.15) is 18.1 Å². The first-order valence-electron chi connectivity index (χ1n) is 8.47. The third kappa shape index (κ3) is 2.78. The van der Waals surface area contributed by atoms with Crippen LogP contribution in [-0.4, -0.2) is 35.1 Å². The smallest absolute Gasteiger partial charge is 0.398 e. The van der Waals surface area contributed by atoms with Crippen LogP contribution in [0, 0.1) is 0 Å². The number of amides is 3. The Bertz CT molecular complexity index is 918. The zero-order valence-electron chi connectivity index (χ0n) is 14.9. The van der Waals surface area contributed by atoms with Crippen LogP contribution in [0.5, 0.6) is 0 Å². The first-order chi connectivity index (χ1) is 13.2. The SMILES string of the molecule is CCN1C(=O)N(c2ccc(N)c(C(F)(F)F)c2)C(=O)C1(CO)c1ccccc1. The Morgan fingerprint density at radius 3 is 2.29 bits per heavy atom. The number of nitrogen functional groups attached to an aromatic ring is 1. The lowest BCUT2D eigenvalue weighted by Gasteiger charge is -2.33. The van der Waals surface area contributed by atoms with Gasteiger partial charge < -0.3 is 15.7 Å². The highest BCUT2D eigenvalue weighted by Crippen LogP contribution is 2.42. The topological polar surface area (TPSA) is 86.9 Å². The molecule has 0 spiro atoms. The lowest BCUT2D eigenvalue weighted by Crippen LogP contribution is -2.49. The number of halogens is 3. The summed E-state index contributed by atoms with van der Waals surface area (Å²) in [6, 6.07) is 10.2. The molecule has 28 heavy (non-hydrogen) atoms. The van der Waals surface area contributed by atoms with E-state index in [1.54, 1.807) is 37.3 Å². The molecule has 1 atom stereocenters. The molecule has 3 rings (SSSR count). The summed E-state index contributed by atoms with van der Waals surface area (Å²) in [5, 5.41) is 10.1. The van der Waals surface area contributed by atoms with E-state index in [1.807, 2.05) is 0 Å². The van der Waals surface area contributed by atoms with Gasteiger partial charge in [0.2, 0.25) is 0 Å². The van der Waals surface area contributed by atoms with E-state index < -0.39 is 41.5 Å². The normalized spacial score (nSPS) is 20.2. The molecular formula is C19H18F3N3O3. The van der Waals surface area contributed by atoms with Crippen molar-refractivity contribution >= 4 is 23.3 Å². The number of likely N-dealkylation sites (N-methyl/N-ethyl adjacent to an activating group) is 1. The highest BCUT2D eigenvalue weighted by molar-refractivity contribution is 6.23. The summed E-state index contributed by atoms with van der Waals surface area (Å²) >= 11 is 0. The number of rotatable bonds is 4. The number of carbonyl (C=O) groups excluding carboxylic acids is 2. The second-order valence-corrected chi connectivity index (χ2v) is 6.32. The van der Waals surface area contributed by atoms with E-state index in [0.717, 1.165) is 11.0 Å². The molecule has 0 aromatic heterocycles. The van der Waals surface area contributed by atoms with Gasteiger partial charge in [0, 0.05) is 12.2 Å². The van der Waals surface area contributed by atoms with Gasteiger partial charge in [0.1, 0.15) is 0 Å². The number of hydrogen-bond acceptors (Lipinski definition) is 4. The molecule has 1 aliphatic rings. The van der Waals surface area contributed by atoms with E-state index in [4.69, 9.17) is 5.73 Å². The van der Waals surface area contributed by atoms with Crippen molar-refractivity contribution in [2.75, 3.05) is 23.8 Å². The quantitative estimate of drug-likeness (QED) is 0.618. The molecule has 0 bridgehead atoms. The number of alkyl halides is 3. The fourth-order valence-electron chi connectivity index (χ4n) is 3.47. The molecule has 3 N–H and O–H groups in total. The van der Waals surface area contributed by atoms with Crippen molar-refractivity contribution in [1.82, 2.24) is 4.90 Å². The molecule has 0 radical (unpaired) electrons. The van der Waals surface area contributed by atoms with Gasteiger partial charge in [-0.15, -0.1) is 0 Å². The van der Waals surface area contributed by atoms with Crippen molar-refractivity contribution in [3.63, 3.8) is 0 Å². The molecule has 6 nitrogen and oxygen atoms in total. The van der Waals surface area contributed by atoms with E-state index in [0.29, 0.717) is 16.5 Å². The largest absolute Gasteiger partial charge is 0.418 e. The maximum absolute atomic E-state index is 13.3. The first kappa shape index (κ1) is 19.7. The molecule has 9 heteroatoms. The Hall–Kier alpha value is -3.07.